The fourth-order valence-corrected chi connectivity index (χ4v) is 2.62. The number of fused-ring (bicyclic) bond motifs is 1. The molecule has 1 aliphatic heterocycles. The number of nitrogens with zero attached hydrogens (tertiary/aromatic N) is 1. The van der Waals surface area contributed by atoms with Crippen LogP contribution in [0.3, 0.4) is 0 Å². The standard InChI is InChI=1S/C18H22N2O5/c1-13(21)20-9-7-14-5-3-4-6-15(14)16(20)11-18(23)25-12-17(22)19-8-10-24-2/h3-7,9,16H,8,10-12H2,1-2H3,(H,19,22)/t16-/m1/s1. The maximum absolute atomic E-state index is 12.1. The van der Waals surface area contributed by atoms with Gasteiger partial charge in [-0.2, -0.15) is 0 Å². The highest BCUT2D eigenvalue weighted by atomic mass is 16.5. The van der Waals surface area contributed by atoms with Gasteiger partial charge in [0.25, 0.3) is 5.91 Å². The third-order valence-electron chi connectivity index (χ3n) is 3.82. The molecule has 0 unspecified atom stereocenters. The molecular weight excluding hydrogens is 324 g/mol. The van der Waals surface area contributed by atoms with E-state index in [-0.39, 0.29) is 18.9 Å². The second kappa shape index (κ2) is 8.98. The van der Waals surface area contributed by atoms with Crippen LogP contribution >= 0.6 is 0 Å². The lowest BCUT2D eigenvalue weighted by molar-refractivity contribution is -0.150. The molecule has 0 saturated heterocycles. The first kappa shape index (κ1) is 18.7. The van der Waals surface area contributed by atoms with Gasteiger partial charge in [-0.05, 0) is 17.2 Å². The summed E-state index contributed by atoms with van der Waals surface area (Å²) in [6, 6.07) is 7.11. The lowest BCUT2D eigenvalue weighted by Gasteiger charge is -2.32. The first-order chi connectivity index (χ1) is 12.0. The highest BCUT2D eigenvalue weighted by Crippen LogP contribution is 2.32. The number of methoxy groups -OCH3 is 1. The van der Waals surface area contributed by atoms with Crippen molar-refractivity contribution in [3.05, 3.63) is 41.6 Å². The van der Waals surface area contributed by atoms with Crippen LogP contribution in [-0.2, 0) is 23.9 Å². The molecule has 0 saturated carbocycles. The zero-order valence-electron chi connectivity index (χ0n) is 14.4. The van der Waals surface area contributed by atoms with E-state index in [0.717, 1.165) is 11.1 Å². The number of benzene rings is 1. The maximum Gasteiger partial charge on any atom is 0.308 e. The molecule has 0 fully saturated rings. The molecule has 0 spiro atoms. The monoisotopic (exact) mass is 346 g/mol. The normalized spacial score (nSPS) is 15.4. The Hall–Kier alpha value is -2.67. The largest absolute Gasteiger partial charge is 0.456 e. The zero-order chi connectivity index (χ0) is 18.2. The maximum atomic E-state index is 12.1. The predicted octanol–water partition coefficient (Wildman–Crippen LogP) is 1.26. The van der Waals surface area contributed by atoms with E-state index in [1.165, 1.54) is 18.9 Å². The topological polar surface area (TPSA) is 84.9 Å². The Labute approximate surface area is 146 Å². The number of hydrogen-bond donors (Lipinski definition) is 1. The number of carbonyl (C=O) groups is 3. The van der Waals surface area contributed by atoms with E-state index >= 15 is 0 Å². The Morgan fingerprint density at radius 1 is 1.24 bits per heavy atom. The van der Waals surface area contributed by atoms with Crippen LogP contribution in [-0.4, -0.2) is 49.6 Å². The molecule has 7 nitrogen and oxygen atoms in total. The Bertz CT molecular complexity index is 671. The first-order valence-corrected chi connectivity index (χ1v) is 8.00. The molecule has 134 valence electrons. The summed E-state index contributed by atoms with van der Waals surface area (Å²) in [5.74, 6) is -1.10. The molecular formula is C18H22N2O5. The second-order valence-corrected chi connectivity index (χ2v) is 5.59. The molecule has 0 bridgehead atoms. The molecule has 1 heterocycles. The summed E-state index contributed by atoms with van der Waals surface area (Å²) in [6.07, 6.45) is 3.48. The highest BCUT2D eigenvalue weighted by molar-refractivity contribution is 5.82. The first-order valence-electron chi connectivity index (χ1n) is 8.00. The van der Waals surface area contributed by atoms with Crippen molar-refractivity contribution in [3.8, 4) is 0 Å². The summed E-state index contributed by atoms with van der Waals surface area (Å²) in [5, 5.41) is 2.57. The van der Waals surface area contributed by atoms with Gasteiger partial charge in [-0.25, -0.2) is 0 Å². The van der Waals surface area contributed by atoms with Crippen molar-refractivity contribution in [1.82, 2.24) is 10.2 Å². The van der Waals surface area contributed by atoms with Crippen molar-refractivity contribution in [3.63, 3.8) is 0 Å². The molecule has 0 aromatic heterocycles. The number of esters is 1. The van der Waals surface area contributed by atoms with Gasteiger partial charge in [-0.3, -0.25) is 14.4 Å². The number of carbonyl (C=O) groups excluding carboxylic acids is 3. The number of amides is 2. The number of nitrogens with one attached hydrogen (secondary N) is 1. The number of rotatable bonds is 7. The zero-order valence-corrected chi connectivity index (χ0v) is 14.4. The minimum absolute atomic E-state index is 0.0215. The van der Waals surface area contributed by atoms with Crippen molar-refractivity contribution in [1.29, 1.82) is 0 Å². The van der Waals surface area contributed by atoms with Crippen LogP contribution in [0, 0.1) is 0 Å². The summed E-state index contributed by atoms with van der Waals surface area (Å²) in [5.41, 5.74) is 1.83. The Morgan fingerprint density at radius 3 is 2.72 bits per heavy atom. The third kappa shape index (κ3) is 5.15. The lowest BCUT2D eigenvalue weighted by Crippen LogP contribution is -2.34. The molecule has 25 heavy (non-hydrogen) atoms. The third-order valence-corrected chi connectivity index (χ3v) is 3.82. The smallest absolute Gasteiger partial charge is 0.308 e. The van der Waals surface area contributed by atoms with E-state index < -0.39 is 17.9 Å². The van der Waals surface area contributed by atoms with Crippen molar-refractivity contribution in [2.45, 2.75) is 19.4 Å². The van der Waals surface area contributed by atoms with Gasteiger partial charge >= 0.3 is 5.97 Å². The average molecular weight is 346 g/mol. The molecule has 2 rings (SSSR count). The summed E-state index contributed by atoms with van der Waals surface area (Å²) in [7, 11) is 1.53. The Morgan fingerprint density at radius 2 is 2.00 bits per heavy atom. The molecule has 2 amide bonds. The quantitative estimate of drug-likeness (QED) is 0.593. The van der Waals surface area contributed by atoms with E-state index in [0.29, 0.717) is 13.2 Å². The van der Waals surface area contributed by atoms with Crippen LogP contribution in [0.5, 0.6) is 0 Å². The summed E-state index contributed by atoms with van der Waals surface area (Å²) in [4.78, 5) is 37.1. The van der Waals surface area contributed by atoms with Gasteiger partial charge in [-0.15, -0.1) is 0 Å². The molecule has 1 aliphatic rings. The van der Waals surface area contributed by atoms with Crippen molar-refractivity contribution in [2.75, 3.05) is 26.9 Å². The number of hydrogen-bond acceptors (Lipinski definition) is 5. The predicted molar refractivity (Wildman–Crippen MR) is 91.2 cm³/mol. The van der Waals surface area contributed by atoms with Gasteiger partial charge in [0.2, 0.25) is 5.91 Å². The van der Waals surface area contributed by atoms with Gasteiger partial charge < -0.3 is 19.7 Å². The van der Waals surface area contributed by atoms with Crippen LogP contribution < -0.4 is 5.32 Å². The van der Waals surface area contributed by atoms with E-state index in [1.54, 1.807) is 6.20 Å². The minimum atomic E-state index is -0.539. The van der Waals surface area contributed by atoms with Crippen LogP contribution in [0.1, 0.15) is 30.5 Å². The van der Waals surface area contributed by atoms with Gasteiger partial charge in [0.05, 0.1) is 19.1 Å². The van der Waals surface area contributed by atoms with Crippen LogP contribution in [0.25, 0.3) is 6.08 Å². The fraction of sp³-hybridized carbons (Fsp3) is 0.389. The lowest BCUT2D eigenvalue weighted by atomic mass is 9.94. The Balaban J connectivity index is 1.96. The van der Waals surface area contributed by atoms with Crippen LogP contribution in [0.15, 0.2) is 30.5 Å². The van der Waals surface area contributed by atoms with E-state index in [2.05, 4.69) is 5.32 Å². The highest BCUT2D eigenvalue weighted by Gasteiger charge is 2.28. The SMILES string of the molecule is COCCNC(=O)COC(=O)C[C@@H]1c2ccccc2C=CN1C(C)=O. The summed E-state index contributed by atoms with van der Waals surface area (Å²) in [6.45, 7) is 1.83. The van der Waals surface area contributed by atoms with Gasteiger partial charge in [0, 0.05) is 26.8 Å². The van der Waals surface area contributed by atoms with Crippen molar-refractivity contribution < 1.29 is 23.9 Å². The van der Waals surface area contributed by atoms with Crippen LogP contribution in [0.2, 0.25) is 0 Å². The van der Waals surface area contributed by atoms with Gasteiger partial charge in [0.1, 0.15) is 0 Å². The molecule has 0 radical (unpaired) electrons. The second-order valence-electron chi connectivity index (χ2n) is 5.59. The molecule has 1 aromatic rings. The molecule has 1 N–H and O–H groups in total. The summed E-state index contributed by atoms with van der Waals surface area (Å²) >= 11 is 0. The van der Waals surface area contributed by atoms with Crippen molar-refractivity contribution >= 4 is 23.9 Å². The molecule has 7 heteroatoms. The average Bonchev–Trinajstić information content (AvgIpc) is 2.60. The van der Waals surface area contributed by atoms with E-state index in [1.807, 2.05) is 30.3 Å². The Kier molecular flexibility index (Phi) is 6.71. The minimum Gasteiger partial charge on any atom is -0.456 e. The number of ether oxygens (including phenoxy) is 2. The van der Waals surface area contributed by atoms with Gasteiger partial charge in [-0.1, -0.05) is 24.3 Å². The molecule has 1 aromatic carbocycles. The van der Waals surface area contributed by atoms with Crippen LogP contribution in [0.4, 0.5) is 0 Å². The van der Waals surface area contributed by atoms with E-state index in [9.17, 15) is 14.4 Å². The molecule has 1 atom stereocenters. The fourth-order valence-electron chi connectivity index (χ4n) is 2.62. The summed E-state index contributed by atoms with van der Waals surface area (Å²) < 4.78 is 9.85. The van der Waals surface area contributed by atoms with Gasteiger partial charge in [0.15, 0.2) is 6.61 Å². The van der Waals surface area contributed by atoms with E-state index in [4.69, 9.17) is 9.47 Å². The van der Waals surface area contributed by atoms with Crippen molar-refractivity contribution in [2.24, 2.45) is 0 Å². The molecule has 0 aliphatic carbocycles.